The van der Waals surface area contributed by atoms with Crippen LogP contribution in [0.2, 0.25) is 0 Å². The first-order chi connectivity index (χ1) is 35.7. The van der Waals surface area contributed by atoms with E-state index in [2.05, 4.69) is 30.1 Å². The summed E-state index contributed by atoms with van der Waals surface area (Å²) < 4.78 is 72.1. The molecule has 2 spiro atoms. The molecule has 4 saturated heterocycles. The number of ether oxygens (including phenoxy) is 11. The van der Waals surface area contributed by atoms with Crippen LogP contribution in [0.3, 0.4) is 0 Å². The van der Waals surface area contributed by atoms with Crippen LogP contribution in [0.4, 0.5) is 0 Å². The summed E-state index contributed by atoms with van der Waals surface area (Å²) >= 11 is 0. The molecule has 3 saturated carbocycles. The van der Waals surface area contributed by atoms with Crippen molar-refractivity contribution in [3.8, 4) is 0 Å². The Bertz CT molecular complexity index is 2570. The third-order valence-electron chi connectivity index (χ3n) is 14.6. The van der Waals surface area contributed by atoms with E-state index in [9.17, 15) is 31.0 Å². The third-order valence-corrected chi connectivity index (χ3v) is 14.6. The second-order valence-electron chi connectivity index (χ2n) is 19.2. The molecule has 73 heavy (non-hydrogen) atoms. The Labute approximate surface area is 418 Å². The van der Waals surface area contributed by atoms with Crippen LogP contribution >= 0.6 is 0 Å². The molecule has 0 bridgehead atoms. The first-order valence-corrected chi connectivity index (χ1v) is 24.9. The molecule has 384 valence electrons. The minimum atomic E-state index is -1.63. The van der Waals surface area contributed by atoms with Crippen LogP contribution in [0, 0.1) is 0 Å². The monoisotopic (exact) mass is 1010 g/mol. The van der Waals surface area contributed by atoms with Crippen LogP contribution in [-0.4, -0.2) is 128 Å². The van der Waals surface area contributed by atoms with Gasteiger partial charge in [0.15, 0.2) is 36.4 Å². The van der Waals surface area contributed by atoms with E-state index >= 15 is 0 Å². The molecule has 4 heterocycles. The fourth-order valence-corrected chi connectivity index (χ4v) is 11.1. The summed E-state index contributed by atoms with van der Waals surface area (Å²) in [6, 6.07) is 21.3. The lowest BCUT2D eigenvalue weighted by Crippen LogP contribution is -2.68. The smallest absolute Gasteiger partial charge is 0.338 e. The van der Waals surface area contributed by atoms with E-state index in [0.29, 0.717) is 25.7 Å². The van der Waals surface area contributed by atoms with E-state index in [4.69, 9.17) is 52.1 Å². The van der Waals surface area contributed by atoms with Gasteiger partial charge in [0.2, 0.25) is 0 Å². The summed E-state index contributed by atoms with van der Waals surface area (Å²) in [4.78, 5) is 51.0. The van der Waals surface area contributed by atoms with Crippen LogP contribution in [0.25, 0.3) is 31.3 Å². The van der Waals surface area contributed by atoms with E-state index < -0.39 is 122 Å². The lowest BCUT2D eigenvalue weighted by molar-refractivity contribution is -0.398. The Morgan fingerprint density at radius 3 is 1.67 bits per heavy atom. The van der Waals surface area contributed by atoms with Crippen LogP contribution in [0.5, 0.6) is 0 Å². The van der Waals surface area contributed by atoms with Gasteiger partial charge in [0.1, 0.15) is 43.2 Å². The van der Waals surface area contributed by atoms with Crippen molar-refractivity contribution in [3.05, 3.63) is 139 Å². The molecule has 14 atom stereocenters. The molecule has 10 rings (SSSR count). The summed E-state index contributed by atoms with van der Waals surface area (Å²) in [6.07, 6.45) is -6.13. The van der Waals surface area contributed by atoms with Crippen molar-refractivity contribution in [2.45, 2.75) is 168 Å². The number of azide groups is 3. The van der Waals surface area contributed by atoms with Gasteiger partial charge in [0.05, 0.1) is 47.6 Å². The maximum absolute atomic E-state index is 14.1. The molecule has 0 amide bonds. The first-order valence-electron chi connectivity index (χ1n) is 24.9. The maximum Gasteiger partial charge on any atom is 0.338 e. The lowest BCUT2D eigenvalue weighted by Gasteiger charge is -2.53. The quantitative estimate of drug-likeness (QED) is 0.0481. The van der Waals surface area contributed by atoms with Crippen LogP contribution in [-0.2, 0) is 52.1 Å². The number of benzene rings is 3. The highest BCUT2D eigenvalue weighted by Gasteiger charge is 2.62. The summed E-state index contributed by atoms with van der Waals surface area (Å²) in [7, 11) is 0. The SMILES string of the molecule is [N-]=[N+]=NC1C[C@@H](N=[N+]=[N-])[C@H]2OC3(CCCCC3)OC2[C@@H]1O[C@H]1OC2COC3(CCCCC3)O[C@H]2[C@H](O[C@@H]2O[C@H](COC(=O)c3ccccc3)C(OC(=O)c3ccccc3)[C@@H]2OC(=O)c2ccccc2)C1N=[N+]=[N-]. The van der Waals surface area contributed by atoms with E-state index in [1.165, 1.54) is 0 Å². The Hall–Kier alpha value is -6.32. The fraction of sp³-hybridized carbons (Fsp3) is 0.580. The van der Waals surface area contributed by atoms with E-state index in [-0.39, 0.29) is 29.7 Å². The van der Waals surface area contributed by atoms with E-state index in [1.54, 1.807) is 91.0 Å². The second-order valence-corrected chi connectivity index (χ2v) is 19.2. The number of hydrogen-bond donors (Lipinski definition) is 0. The standard InChI is InChI=1S/C50H55N9O14/c51-57-54-32-26-33(55-58-52)38-42(73-50(71-38)24-14-5-15-25-50)37(32)69-47-36(56-59-53)41(40-35(65-47)28-64-49(72-40)22-12-4-13-23-49)70-48-43(68-46(62)31-20-10-3-11-21-31)39(67-45(61)30-18-8-2-9-19-30)34(66-48)27-63-44(60)29-16-6-1-7-17-29/h1-3,6-11,16-21,32-43,47-48H,4-5,12-15,22-28H2/t32?,33-,34-,35?,36?,37-,38-,39?,40-,41-,42?,43+,47-,48+/m1/s1. The second kappa shape index (κ2) is 22.4. The first kappa shape index (κ1) is 50.2. The summed E-state index contributed by atoms with van der Waals surface area (Å²) in [5.74, 6) is -4.39. The number of hydrogen-bond acceptors (Lipinski definition) is 17. The molecule has 4 aliphatic heterocycles. The van der Waals surface area contributed by atoms with Gasteiger partial charge in [-0.25, -0.2) is 14.4 Å². The molecular formula is C50H55N9O14. The van der Waals surface area contributed by atoms with Crippen LogP contribution in [0.1, 0.15) is 102 Å². The largest absolute Gasteiger partial charge is 0.459 e. The number of carbonyl (C=O) groups is 3. The van der Waals surface area contributed by atoms with E-state index in [0.717, 1.165) is 38.5 Å². The Morgan fingerprint density at radius 1 is 0.548 bits per heavy atom. The lowest BCUT2D eigenvalue weighted by atomic mass is 9.84. The zero-order chi connectivity index (χ0) is 50.4. The predicted octanol–water partition coefficient (Wildman–Crippen LogP) is 8.48. The van der Waals surface area contributed by atoms with Gasteiger partial charge < -0.3 is 52.1 Å². The Balaban J connectivity index is 1.02. The number of fused-ring (bicyclic) bond motifs is 2. The molecule has 7 aliphatic rings. The average molecular weight is 1010 g/mol. The van der Waals surface area contributed by atoms with Crippen molar-refractivity contribution >= 4 is 17.9 Å². The molecule has 5 unspecified atom stereocenters. The average Bonchev–Trinajstić information content (AvgIpc) is 3.95. The molecule has 3 aliphatic carbocycles. The highest BCUT2D eigenvalue weighted by molar-refractivity contribution is 5.91. The molecule has 3 aromatic rings. The highest BCUT2D eigenvalue weighted by atomic mass is 16.8. The van der Waals surface area contributed by atoms with Gasteiger partial charge in [0, 0.05) is 40.4 Å². The molecule has 3 aromatic carbocycles. The van der Waals surface area contributed by atoms with Crippen LogP contribution < -0.4 is 0 Å². The van der Waals surface area contributed by atoms with Gasteiger partial charge in [-0.15, -0.1) is 0 Å². The topological polar surface area (TPSA) is 299 Å². The molecule has 7 fully saturated rings. The molecular weight excluding hydrogens is 951 g/mol. The Morgan fingerprint density at radius 2 is 1.07 bits per heavy atom. The van der Waals surface area contributed by atoms with Crippen molar-refractivity contribution in [3.63, 3.8) is 0 Å². The minimum Gasteiger partial charge on any atom is -0.459 e. The summed E-state index contributed by atoms with van der Waals surface area (Å²) in [5, 5.41) is 12.4. The van der Waals surface area contributed by atoms with Crippen molar-refractivity contribution in [1.29, 1.82) is 0 Å². The predicted molar refractivity (Wildman–Crippen MR) is 251 cm³/mol. The van der Waals surface area contributed by atoms with Gasteiger partial charge in [-0.1, -0.05) is 82.8 Å². The fourth-order valence-electron chi connectivity index (χ4n) is 11.1. The van der Waals surface area contributed by atoms with Crippen molar-refractivity contribution in [2.75, 3.05) is 13.2 Å². The number of nitrogens with zero attached hydrogens (tertiary/aromatic N) is 9. The van der Waals surface area contributed by atoms with Gasteiger partial charge in [-0.05, 0) is 85.1 Å². The van der Waals surface area contributed by atoms with E-state index in [1.807, 2.05) is 0 Å². The molecule has 0 radical (unpaired) electrons. The van der Waals surface area contributed by atoms with Crippen molar-refractivity contribution in [1.82, 2.24) is 0 Å². The third kappa shape index (κ3) is 10.8. The normalized spacial score (nSPS) is 33.9. The van der Waals surface area contributed by atoms with Gasteiger partial charge in [-0.2, -0.15) is 0 Å². The maximum atomic E-state index is 14.1. The molecule has 23 heteroatoms. The number of rotatable bonds is 14. The zero-order valence-electron chi connectivity index (χ0n) is 39.7. The van der Waals surface area contributed by atoms with Crippen LogP contribution in [0.15, 0.2) is 106 Å². The Kier molecular flexibility index (Phi) is 15.4. The number of esters is 3. The summed E-state index contributed by atoms with van der Waals surface area (Å²) in [5.41, 5.74) is 30.4. The van der Waals surface area contributed by atoms with Gasteiger partial charge in [-0.3, -0.25) is 0 Å². The minimum absolute atomic E-state index is 0.0150. The summed E-state index contributed by atoms with van der Waals surface area (Å²) in [6.45, 7) is -0.511. The molecule has 0 aromatic heterocycles. The van der Waals surface area contributed by atoms with Crippen molar-refractivity contribution in [2.24, 2.45) is 15.3 Å². The molecule has 23 nitrogen and oxygen atoms in total. The zero-order valence-corrected chi connectivity index (χ0v) is 39.7. The van der Waals surface area contributed by atoms with Gasteiger partial charge in [0.25, 0.3) is 0 Å². The van der Waals surface area contributed by atoms with Gasteiger partial charge >= 0.3 is 17.9 Å². The molecule has 0 N–H and O–H groups in total. The highest BCUT2D eigenvalue weighted by Crippen LogP contribution is 2.49. The van der Waals surface area contributed by atoms with Crippen molar-refractivity contribution < 1.29 is 66.5 Å². The number of carbonyl (C=O) groups excluding carboxylic acids is 3.